The molecule has 26 heavy (non-hydrogen) atoms. The van der Waals surface area contributed by atoms with Crippen LogP contribution in [0.1, 0.15) is 48.7 Å². The highest BCUT2D eigenvalue weighted by atomic mass is 32.1. The molecular weight excluding hydrogens is 346 g/mol. The summed E-state index contributed by atoms with van der Waals surface area (Å²) in [6.07, 6.45) is 2.59. The molecule has 1 aliphatic heterocycles. The molecule has 2 aromatic rings. The van der Waals surface area contributed by atoms with E-state index >= 15 is 0 Å². The number of hydrogen-bond donors (Lipinski definition) is 0. The minimum Gasteiger partial charge on any atom is -0.493 e. The maximum atomic E-state index is 13.2. The van der Waals surface area contributed by atoms with Gasteiger partial charge in [-0.3, -0.25) is 4.79 Å². The lowest BCUT2D eigenvalue weighted by Crippen LogP contribution is -2.43. The second-order valence-corrected chi connectivity index (χ2v) is 7.60. The molecule has 0 fully saturated rings. The zero-order valence-corrected chi connectivity index (χ0v) is 16.8. The Morgan fingerprint density at radius 1 is 1.23 bits per heavy atom. The van der Waals surface area contributed by atoms with Crippen LogP contribution in [-0.4, -0.2) is 31.6 Å². The van der Waals surface area contributed by atoms with E-state index in [9.17, 15) is 4.79 Å². The third-order valence-corrected chi connectivity index (χ3v) is 6.23. The first-order valence-electron chi connectivity index (χ1n) is 9.23. The van der Waals surface area contributed by atoms with Crippen molar-refractivity contribution >= 4 is 17.2 Å². The molecule has 3 rings (SSSR count). The largest absolute Gasteiger partial charge is 0.493 e. The molecule has 1 aliphatic rings. The Kier molecular flexibility index (Phi) is 5.87. The van der Waals surface area contributed by atoms with Gasteiger partial charge in [0.05, 0.1) is 20.3 Å². The van der Waals surface area contributed by atoms with Crippen LogP contribution in [0.2, 0.25) is 0 Å². The second kappa shape index (κ2) is 8.12. The molecule has 1 amide bonds. The number of nitrogens with zero attached hydrogens (tertiary/aromatic N) is 1. The average molecular weight is 374 g/mol. The van der Waals surface area contributed by atoms with Gasteiger partial charge in [0.1, 0.15) is 0 Å². The number of carbonyl (C=O) groups excluding carboxylic acids is 1. The van der Waals surface area contributed by atoms with Crippen molar-refractivity contribution in [2.75, 3.05) is 20.8 Å². The van der Waals surface area contributed by atoms with Gasteiger partial charge in [-0.05, 0) is 54.0 Å². The molecule has 0 aliphatic carbocycles. The highest BCUT2D eigenvalue weighted by molar-refractivity contribution is 7.10. The summed E-state index contributed by atoms with van der Waals surface area (Å²) >= 11 is 1.70. The van der Waals surface area contributed by atoms with E-state index in [0.717, 1.165) is 37.1 Å². The van der Waals surface area contributed by atoms with E-state index in [0.29, 0.717) is 5.75 Å². The van der Waals surface area contributed by atoms with Crippen molar-refractivity contribution in [3.63, 3.8) is 0 Å². The summed E-state index contributed by atoms with van der Waals surface area (Å²) in [5.41, 5.74) is 2.38. The summed E-state index contributed by atoms with van der Waals surface area (Å²) in [6.45, 7) is 4.93. The monoisotopic (exact) mass is 373 g/mol. The number of hydrogen-bond acceptors (Lipinski definition) is 4. The summed E-state index contributed by atoms with van der Waals surface area (Å²) in [5.74, 6) is 1.80. The highest BCUT2D eigenvalue weighted by Crippen LogP contribution is 2.42. The molecule has 1 atom stereocenters. The van der Waals surface area contributed by atoms with E-state index in [1.165, 1.54) is 10.4 Å². The van der Waals surface area contributed by atoms with E-state index in [1.54, 1.807) is 25.6 Å². The van der Waals surface area contributed by atoms with Crippen molar-refractivity contribution in [1.82, 2.24) is 4.90 Å². The number of amides is 1. The topological polar surface area (TPSA) is 38.8 Å². The zero-order valence-electron chi connectivity index (χ0n) is 16.0. The van der Waals surface area contributed by atoms with Gasteiger partial charge in [0.2, 0.25) is 5.91 Å². The minimum atomic E-state index is -0.0494. The fraction of sp³-hybridized carbons (Fsp3) is 0.476. The number of methoxy groups -OCH3 is 2. The number of benzene rings is 1. The van der Waals surface area contributed by atoms with Gasteiger partial charge < -0.3 is 14.4 Å². The van der Waals surface area contributed by atoms with Gasteiger partial charge in [0.15, 0.2) is 11.5 Å². The normalized spacial score (nSPS) is 16.5. The first kappa shape index (κ1) is 18.8. The third kappa shape index (κ3) is 3.32. The molecule has 1 aromatic carbocycles. The van der Waals surface area contributed by atoms with Crippen LogP contribution < -0.4 is 9.47 Å². The van der Waals surface area contributed by atoms with Crippen molar-refractivity contribution in [3.05, 3.63) is 45.6 Å². The third-order valence-electron chi connectivity index (χ3n) is 5.30. The van der Waals surface area contributed by atoms with Crippen molar-refractivity contribution in [3.8, 4) is 11.5 Å². The SMILES string of the molecule is CCC(CC)C(=O)N1CCc2cc(OC)c(OC)cc2C1c1cccs1. The Morgan fingerprint density at radius 3 is 2.50 bits per heavy atom. The second-order valence-electron chi connectivity index (χ2n) is 6.62. The highest BCUT2D eigenvalue weighted by Gasteiger charge is 2.35. The van der Waals surface area contributed by atoms with E-state index in [2.05, 4.69) is 42.3 Å². The summed E-state index contributed by atoms with van der Waals surface area (Å²) in [5, 5.41) is 2.07. The standard InChI is InChI=1S/C21H27NO3S/c1-5-14(6-2)21(23)22-10-9-15-12-17(24-3)18(25-4)13-16(15)20(22)19-8-7-11-26-19/h7-8,11-14,20H,5-6,9-10H2,1-4H3. The van der Waals surface area contributed by atoms with Crippen molar-refractivity contribution < 1.29 is 14.3 Å². The molecule has 5 heteroatoms. The zero-order chi connectivity index (χ0) is 18.7. The number of ether oxygens (including phenoxy) is 2. The Morgan fingerprint density at radius 2 is 1.92 bits per heavy atom. The van der Waals surface area contributed by atoms with E-state index in [4.69, 9.17) is 9.47 Å². The van der Waals surface area contributed by atoms with Crippen LogP contribution in [0.15, 0.2) is 29.6 Å². The van der Waals surface area contributed by atoms with E-state index < -0.39 is 0 Å². The first-order chi connectivity index (χ1) is 12.6. The molecule has 2 heterocycles. The van der Waals surface area contributed by atoms with E-state index in [-0.39, 0.29) is 17.9 Å². The van der Waals surface area contributed by atoms with Gasteiger partial charge >= 0.3 is 0 Å². The lowest BCUT2D eigenvalue weighted by molar-refractivity contribution is -0.137. The molecular formula is C21H27NO3S. The van der Waals surface area contributed by atoms with Gasteiger partial charge in [-0.1, -0.05) is 19.9 Å². The smallest absolute Gasteiger partial charge is 0.226 e. The molecule has 0 spiro atoms. The number of thiophene rings is 1. The molecule has 1 unspecified atom stereocenters. The predicted molar refractivity (Wildman–Crippen MR) is 105 cm³/mol. The summed E-state index contributed by atoms with van der Waals surface area (Å²) in [7, 11) is 3.31. The molecule has 0 bridgehead atoms. The number of rotatable bonds is 6. The fourth-order valence-corrected chi connectivity index (χ4v) is 4.66. The van der Waals surface area contributed by atoms with Crippen LogP contribution in [0.3, 0.4) is 0 Å². The predicted octanol–water partition coefficient (Wildman–Crippen LogP) is 4.68. The lowest BCUT2D eigenvalue weighted by Gasteiger charge is -2.39. The molecule has 140 valence electrons. The molecule has 0 radical (unpaired) electrons. The van der Waals surface area contributed by atoms with Gasteiger partial charge in [-0.15, -0.1) is 11.3 Å². The van der Waals surface area contributed by atoms with Crippen molar-refractivity contribution in [2.45, 2.75) is 39.2 Å². The van der Waals surface area contributed by atoms with Crippen LogP contribution in [0.25, 0.3) is 0 Å². The Hall–Kier alpha value is -2.01. The Bertz CT molecular complexity index is 753. The van der Waals surface area contributed by atoms with Crippen LogP contribution in [0, 0.1) is 5.92 Å². The summed E-state index contributed by atoms with van der Waals surface area (Å²) in [4.78, 5) is 16.5. The molecule has 0 N–H and O–H groups in total. The van der Waals surface area contributed by atoms with Crippen molar-refractivity contribution in [2.24, 2.45) is 5.92 Å². The van der Waals surface area contributed by atoms with Crippen LogP contribution in [0.5, 0.6) is 11.5 Å². The van der Waals surface area contributed by atoms with Gasteiger partial charge in [0, 0.05) is 17.3 Å². The number of carbonyl (C=O) groups is 1. The Balaban J connectivity index is 2.09. The lowest BCUT2D eigenvalue weighted by atomic mass is 9.89. The molecule has 1 aromatic heterocycles. The fourth-order valence-electron chi connectivity index (χ4n) is 3.81. The number of fused-ring (bicyclic) bond motifs is 1. The molecule has 4 nitrogen and oxygen atoms in total. The van der Waals surface area contributed by atoms with Crippen LogP contribution in [-0.2, 0) is 11.2 Å². The van der Waals surface area contributed by atoms with Crippen LogP contribution in [0.4, 0.5) is 0 Å². The van der Waals surface area contributed by atoms with Crippen LogP contribution >= 0.6 is 11.3 Å². The summed E-state index contributed by atoms with van der Waals surface area (Å²) < 4.78 is 11.0. The van der Waals surface area contributed by atoms with Gasteiger partial charge in [-0.2, -0.15) is 0 Å². The van der Waals surface area contributed by atoms with E-state index in [1.807, 2.05) is 6.07 Å². The molecule has 0 saturated carbocycles. The minimum absolute atomic E-state index is 0.0494. The Labute approximate surface area is 159 Å². The van der Waals surface area contributed by atoms with Crippen molar-refractivity contribution in [1.29, 1.82) is 0 Å². The quantitative estimate of drug-likeness (QED) is 0.738. The van der Waals surface area contributed by atoms with Gasteiger partial charge in [-0.25, -0.2) is 0 Å². The molecule has 0 saturated heterocycles. The maximum Gasteiger partial charge on any atom is 0.226 e. The maximum absolute atomic E-state index is 13.2. The first-order valence-corrected chi connectivity index (χ1v) is 10.1. The van der Waals surface area contributed by atoms with Gasteiger partial charge in [0.25, 0.3) is 0 Å². The summed E-state index contributed by atoms with van der Waals surface area (Å²) in [6, 6.07) is 8.23. The average Bonchev–Trinajstić information content (AvgIpc) is 3.20.